The molecular formula is C15H22N2O4. The summed E-state index contributed by atoms with van der Waals surface area (Å²) in [6.45, 7) is 1.85. The van der Waals surface area contributed by atoms with Gasteiger partial charge >= 0.3 is 0 Å². The SMILES string of the molecule is CNC1COc2cc(OCC(=O)NCCCOC)ccc21. The number of methoxy groups -OCH3 is 1. The molecule has 0 fully saturated rings. The van der Waals surface area contributed by atoms with Crippen LogP contribution in [0.25, 0.3) is 0 Å². The number of benzene rings is 1. The molecule has 2 rings (SSSR count). The number of hydrogen-bond donors (Lipinski definition) is 2. The van der Waals surface area contributed by atoms with E-state index in [0.717, 1.165) is 17.7 Å². The molecule has 6 heteroatoms. The highest BCUT2D eigenvalue weighted by atomic mass is 16.5. The van der Waals surface area contributed by atoms with Gasteiger partial charge in [0.15, 0.2) is 6.61 Å². The Hall–Kier alpha value is -1.79. The summed E-state index contributed by atoms with van der Waals surface area (Å²) in [6, 6.07) is 5.87. The molecule has 1 atom stereocenters. The van der Waals surface area contributed by atoms with Gasteiger partial charge in [0.2, 0.25) is 0 Å². The van der Waals surface area contributed by atoms with Crippen LogP contribution >= 0.6 is 0 Å². The molecule has 0 aliphatic carbocycles. The van der Waals surface area contributed by atoms with E-state index in [0.29, 0.717) is 25.5 Å². The van der Waals surface area contributed by atoms with Crippen molar-refractivity contribution >= 4 is 5.91 Å². The van der Waals surface area contributed by atoms with Crippen molar-refractivity contribution in [3.05, 3.63) is 23.8 Å². The molecule has 0 saturated carbocycles. The Morgan fingerprint density at radius 3 is 3.10 bits per heavy atom. The van der Waals surface area contributed by atoms with Crippen LogP contribution in [-0.4, -0.2) is 46.4 Å². The third-order valence-corrected chi connectivity index (χ3v) is 3.33. The maximum absolute atomic E-state index is 11.6. The van der Waals surface area contributed by atoms with Crippen molar-refractivity contribution in [3.8, 4) is 11.5 Å². The number of carbonyl (C=O) groups excluding carboxylic acids is 1. The molecule has 2 N–H and O–H groups in total. The Morgan fingerprint density at radius 1 is 1.48 bits per heavy atom. The summed E-state index contributed by atoms with van der Waals surface area (Å²) in [5.41, 5.74) is 1.12. The molecule has 1 aliphatic rings. The molecule has 1 amide bonds. The van der Waals surface area contributed by atoms with Gasteiger partial charge in [-0.2, -0.15) is 0 Å². The largest absolute Gasteiger partial charge is 0.491 e. The van der Waals surface area contributed by atoms with Gasteiger partial charge in [-0.05, 0) is 25.6 Å². The van der Waals surface area contributed by atoms with Gasteiger partial charge in [0.1, 0.15) is 18.1 Å². The molecule has 0 bridgehead atoms. The van der Waals surface area contributed by atoms with Gasteiger partial charge in [0.05, 0.1) is 6.04 Å². The van der Waals surface area contributed by atoms with E-state index >= 15 is 0 Å². The first-order valence-electron chi connectivity index (χ1n) is 7.07. The Balaban J connectivity index is 1.78. The highest BCUT2D eigenvalue weighted by Crippen LogP contribution is 2.34. The van der Waals surface area contributed by atoms with E-state index in [1.807, 2.05) is 25.2 Å². The molecule has 1 aromatic carbocycles. The summed E-state index contributed by atoms with van der Waals surface area (Å²) in [5, 5.41) is 5.95. The minimum absolute atomic E-state index is 0.00122. The predicted octanol–water partition coefficient (Wildman–Crippen LogP) is 0.871. The molecule has 0 radical (unpaired) electrons. The van der Waals surface area contributed by atoms with Gasteiger partial charge in [-0.15, -0.1) is 0 Å². The van der Waals surface area contributed by atoms with Gasteiger partial charge in [-0.3, -0.25) is 4.79 Å². The fourth-order valence-corrected chi connectivity index (χ4v) is 2.16. The summed E-state index contributed by atoms with van der Waals surface area (Å²) in [7, 11) is 3.54. The van der Waals surface area contributed by atoms with E-state index in [-0.39, 0.29) is 18.6 Å². The molecule has 0 aromatic heterocycles. The van der Waals surface area contributed by atoms with E-state index < -0.39 is 0 Å². The number of likely N-dealkylation sites (N-methyl/N-ethyl adjacent to an activating group) is 1. The van der Waals surface area contributed by atoms with Crippen molar-refractivity contribution in [2.75, 3.05) is 40.5 Å². The van der Waals surface area contributed by atoms with Gasteiger partial charge in [0.25, 0.3) is 5.91 Å². The van der Waals surface area contributed by atoms with Crippen molar-refractivity contribution in [3.63, 3.8) is 0 Å². The number of hydrogen-bond acceptors (Lipinski definition) is 5. The van der Waals surface area contributed by atoms with Crippen LogP contribution in [0.3, 0.4) is 0 Å². The Kier molecular flexibility index (Phi) is 5.83. The zero-order chi connectivity index (χ0) is 15.1. The Labute approximate surface area is 124 Å². The quantitative estimate of drug-likeness (QED) is 0.696. The van der Waals surface area contributed by atoms with Crippen molar-refractivity contribution in [2.45, 2.75) is 12.5 Å². The van der Waals surface area contributed by atoms with Gasteiger partial charge in [0, 0.05) is 31.9 Å². The zero-order valence-corrected chi connectivity index (χ0v) is 12.5. The molecular weight excluding hydrogens is 272 g/mol. The van der Waals surface area contributed by atoms with E-state index in [1.165, 1.54) is 0 Å². The molecule has 1 unspecified atom stereocenters. The molecule has 1 aromatic rings. The van der Waals surface area contributed by atoms with Crippen LogP contribution in [0.2, 0.25) is 0 Å². The lowest BCUT2D eigenvalue weighted by molar-refractivity contribution is -0.123. The summed E-state index contributed by atoms with van der Waals surface area (Å²) in [6.07, 6.45) is 0.792. The molecule has 1 aliphatic heterocycles. The van der Waals surface area contributed by atoms with E-state index in [2.05, 4.69) is 10.6 Å². The second-order valence-corrected chi connectivity index (χ2v) is 4.84. The molecule has 6 nitrogen and oxygen atoms in total. The van der Waals surface area contributed by atoms with Crippen LogP contribution in [0.5, 0.6) is 11.5 Å². The van der Waals surface area contributed by atoms with Crippen LogP contribution in [0.4, 0.5) is 0 Å². The average Bonchev–Trinajstić information content (AvgIpc) is 2.91. The lowest BCUT2D eigenvalue weighted by atomic mass is 10.1. The van der Waals surface area contributed by atoms with E-state index in [9.17, 15) is 4.79 Å². The maximum Gasteiger partial charge on any atom is 0.257 e. The number of carbonyl (C=O) groups is 1. The number of rotatable bonds is 8. The van der Waals surface area contributed by atoms with Gasteiger partial charge in [-0.1, -0.05) is 0 Å². The minimum atomic E-state index is -0.138. The summed E-state index contributed by atoms with van der Waals surface area (Å²) in [4.78, 5) is 11.6. The third-order valence-electron chi connectivity index (χ3n) is 3.33. The molecule has 116 valence electrons. The van der Waals surface area contributed by atoms with E-state index in [1.54, 1.807) is 7.11 Å². The van der Waals surface area contributed by atoms with Crippen molar-refractivity contribution < 1.29 is 19.0 Å². The number of amides is 1. The zero-order valence-electron chi connectivity index (χ0n) is 12.5. The van der Waals surface area contributed by atoms with E-state index in [4.69, 9.17) is 14.2 Å². The second-order valence-electron chi connectivity index (χ2n) is 4.84. The first-order chi connectivity index (χ1) is 10.2. The lowest BCUT2D eigenvalue weighted by Crippen LogP contribution is -2.30. The molecule has 0 spiro atoms. The third kappa shape index (κ3) is 4.34. The molecule has 21 heavy (non-hydrogen) atoms. The van der Waals surface area contributed by atoms with Crippen LogP contribution < -0.4 is 20.1 Å². The van der Waals surface area contributed by atoms with Gasteiger partial charge < -0.3 is 24.8 Å². The molecule has 1 heterocycles. The number of fused-ring (bicyclic) bond motifs is 1. The second kappa shape index (κ2) is 7.85. The highest BCUT2D eigenvalue weighted by Gasteiger charge is 2.22. The maximum atomic E-state index is 11.6. The number of nitrogens with one attached hydrogen (secondary N) is 2. The van der Waals surface area contributed by atoms with Crippen LogP contribution in [0.1, 0.15) is 18.0 Å². The standard InChI is InChI=1S/C15H22N2O4/c1-16-13-9-21-14-8-11(4-5-12(13)14)20-10-15(18)17-6-3-7-19-2/h4-5,8,13,16H,3,6-7,9-10H2,1-2H3,(H,17,18). The van der Waals surface area contributed by atoms with Crippen LogP contribution in [-0.2, 0) is 9.53 Å². The Morgan fingerprint density at radius 2 is 2.33 bits per heavy atom. The molecule has 0 saturated heterocycles. The summed E-state index contributed by atoms with van der Waals surface area (Å²) >= 11 is 0. The smallest absolute Gasteiger partial charge is 0.257 e. The topological polar surface area (TPSA) is 68.8 Å². The summed E-state index contributed by atoms with van der Waals surface area (Å²) in [5.74, 6) is 1.31. The monoisotopic (exact) mass is 294 g/mol. The fourth-order valence-electron chi connectivity index (χ4n) is 2.16. The Bertz CT molecular complexity index is 479. The number of ether oxygens (including phenoxy) is 3. The minimum Gasteiger partial charge on any atom is -0.491 e. The fraction of sp³-hybridized carbons (Fsp3) is 0.533. The van der Waals surface area contributed by atoms with Gasteiger partial charge in [-0.25, -0.2) is 0 Å². The summed E-state index contributed by atoms with van der Waals surface area (Å²) < 4.78 is 16.0. The van der Waals surface area contributed by atoms with Crippen LogP contribution in [0, 0.1) is 0 Å². The normalized spacial score (nSPS) is 16.2. The average molecular weight is 294 g/mol. The lowest BCUT2D eigenvalue weighted by Gasteiger charge is -2.09. The van der Waals surface area contributed by atoms with Crippen molar-refractivity contribution in [2.24, 2.45) is 0 Å². The first-order valence-corrected chi connectivity index (χ1v) is 7.07. The highest BCUT2D eigenvalue weighted by molar-refractivity contribution is 5.77. The predicted molar refractivity (Wildman–Crippen MR) is 78.7 cm³/mol. The first kappa shape index (κ1) is 15.6. The van der Waals surface area contributed by atoms with Crippen LogP contribution in [0.15, 0.2) is 18.2 Å². The van der Waals surface area contributed by atoms with Crippen molar-refractivity contribution in [1.82, 2.24) is 10.6 Å². The van der Waals surface area contributed by atoms with Crippen molar-refractivity contribution in [1.29, 1.82) is 0 Å².